The van der Waals surface area contributed by atoms with Crippen LogP contribution in [0.2, 0.25) is 0 Å². The van der Waals surface area contributed by atoms with Crippen molar-refractivity contribution in [2.24, 2.45) is 0 Å². The van der Waals surface area contributed by atoms with E-state index in [0.29, 0.717) is 37.8 Å². The first-order valence-corrected chi connectivity index (χ1v) is 9.56. The van der Waals surface area contributed by atoms with Crippen LogP contribution in [-0.4, -0.2) is 64.2 Å². The Bertz CT molecular complexity index is 896. The van der Waals surface area contributed by atoms with Crippen molar-refractivity contribution in [2.75, 3.05) is 26.7 Å². The van der Waals surface area contributed by atoms with Crippen LogP contribution in [-0.2, 0) is 16.0 Å². The molecule has 2 saturated heterocycles. The minimum absolute atomic E-state index is 0.0139. The normalized spacial score (nSPS) is 22.0. The van der Waals surface area contributed by atoms with E-state index in [1.54, 1.807) is 16.8 Å². The molecule has 148 valence electrons. The molecule has 1 aromatic heterocycles. The molecule has 2 aliphatic heterocycles. The Hall–Kier alpha value is -2.90. The van der Waals surface area contributed by atoms with Gasteiger partial charge in [0.2, 0.25) is 17.6 Å². The summed E-state index contributed by atoms with van der Waals surface area (Å²) in [5.74, 6) is 0.993. The molecule has 0 aliphatic carbocycles. The number of nitrogens with zero attached hydrogens (tertiary/aromatic N) is 4. The number of ether oxygens (including phenoxy) is 1. The van der Waals surface area contributed by atoms with E-state index >= 15 is 0 Å². The molecule has 0 saturated carbocycles. The Balaban J connectivity index is 1.35. The molecule has 28 heavy (non-hydrogen) atoms. The topological polar surface area (TPSA) is 88.8 Å². The highest BCUT2D eigenvalue weighted by Crippen LogP contribution is 2.31. The monoisotopic (exact) mass is 384 g/mol. The molecule has 1 aromatic carbocycles. The van der Waals surface area contributed by atoms with Gasteiger partial charge in [0.25, 0.3) is 0 Å². The van der Waals surface area contributed by atoms with Crippen molar-refractivity contribution in [3.05, 3.63) is 35.7 Å². The Labute approximate surface area is 163 Å². The number of likely N-dealkylation sites (N-methyl/N-ethyl adjacent to an activating group) is 1. The molecular weight excluding hydrogens is 360 g/mol. The average molecular weight is 384 g/mol. The lowest BCUT2D eigenvalue weighted by atomic mass is 9.92. The van der Waals surface area contributed by atoms with Gasteiger partial charge in [0.1, 0.15) is 5.60 Å². The summed E-state index contributed by atoms with van der Waals surface area (Å²) in [6.07, 6.45) is 1.97. The highest BCUT2D eigenvalue weighted by atomic mass is 16.6. The number of likely N-dealkylation sites (tertiary alicyclic amines) is 1. The van der Waals surface area contributed by atoms with E-state index in [-0.39, 0.29) is 18.4 Å². The third-order valence-electron chi connectivity index (χ3n) is 5.33. The highest BCUT2D eigenvalue weighted by molar-refractivity contribution is 5.77. The third-order valence-corrected chi connectivity index (χ3v) is 5.33. The fraction of sp³-hybridized carbons (Fsp3) is 0.500. The number of aromatic nitrogens is 2. The van der Waals surface area contributed by atoms with Gasteiger partial charge in [-0.3, -0.25) is 4.79 Å². The Morgan fingerprint density at radius 2 is 2.18 bits per heavy atom. The Morgan fingerprint density at radius 3 is 2.93 bits per heavy atom. The lowest BCUT2D eigenvalue weighted by molar-refractivity contribution is -0.136. The van der Waals surface area contributed by atoms with Crippen molar-refractivity contribution in [3.8, 4) is 11.4 Å². The maximum absolute atomic E-state index is 12.7. The highest BCUT2D eigenvalue weighted by Gasteiger charge is 2.47. The van der Waals surface area contributed by atoms with Gasteiger partial charge in [-0.25, -0.2) is 4.79 Å². The molecule has 0 radical (unpaired) electrons. The van der Waals surface area contributed by atoms with E-state index in [9.17, 15) is 9.59 Å². The maximum Gasteiger partial charge on any atom is 0.410 e. The zero-order valence-corrected chi connectivity index (χ0v) is 16.2. The van der Waals surface area contributed by atoms with Crippen LogP contribution in [0.4, 0.5) is 4.79 Å². The number of piperidine rings is 1. The van der Waals surface area contributed by atoms with Crippen LogP contribution >= 0.6 is 0 Å². The third kappa shape index (κ3) is 3.72. The van der Waals surface area contributed by atoms with Crippen molar-refractivity contribution >= 4 is 12.0 Å². The van der Waals surface area contributed by atoms with Crippen molar-refractivity contribution in [1.29, 1.82) is 0 Å². The molecule has 4 rings (SSSR count). The quantitative estimate of drug-likeness (QED) is 0.804. The molecule has 2 aliphatic rings. The van der Waals surface area contributed by atoms with Crippen LogP contribution in [0.25, 0.3) is 11.4 Å². The van der Waals surface area contributed by atoms with E-state index in [1.807, 2.05) is 31.2 Å². The zero-order valence-electron chi connectivity index (χ0n) is 16.2. The second-order valence-corrected chi connectivity index (χ2v) is 7.71. The van der Waals surface area contributed by atoms with Crippen LogP contribution in [0.1, 0.15) is 30.7 Å². The molecule has 3 heterocycles. The van der Waals surface area contributed by atoms with Gasteiger partial charge in [-0.1, -0.05) is 28.9 Å². The predicted molar refractivity (Wildman–Crippen MR) is 100 cm³/mol. The molecule has 2 amide bonds. The second kappa shape index (κ2) is 7.26. The first-order chi connectivity index (χ1) is 13.4. The van der Waals surface area contributed by atoms with Gasteiger partial charge in [-0.15, -0.1) is 0 Å². The SMILES string of the molecule is Cc1cccc(-c2noc(CCC(=O)N3CCC[C@]4(CN(C)C(=O)O4)C3)n2)c1. The van der Waals surface area contributed by atoms with E-state index in [1.165, 1.54) is 0 Å². The molecule has 0 unspecified atom stereocenters. The summed E-state index contributed by atoms with van der Waals surface area (Å²) in [7, 11) is 1.72. The first-order valence-electron chi connectivity index (χ1n) is 9.56. The molecule has 1 spiro atoms. The van der Waals surface area contributed by atoms with Gasteiger partial charge in [0.15, 0.2) is 0 Å². The molecule has 8 heteroatoms. The summed E-state index contributed by atoms with van der Waals surface area (Å²) in [6.45, 7) is 3.66. The van der Waals surface area contributed by atoms with Crippen molar-refractivity contribution < 1.29 is 18.8 Å². The number of hydrogen-bond acceptors (Lipinski definition) is 6. The molecular formula is C20H24N4O4. The minimum atomic E-state index is -0.567. The standard InChI is InChI=1S/C20H24N4O4/c1-14-5-3-6-15(11-14)18-21-16(28-22-18)7-8-17(25)24-10-4-9-20(13-24)12-23(2)19(26)27-20/h3,5-6,11H,4,7-10,12-13H2,1-2H3/t20-/m0/s1. The number of rotatable bonds is 4. The summed E-state index contributed by atoms with van der Waals surface area (Å²) in [6, 6.07) is 7.88. The fourth-order valence-electron chi connectivity index (χ4n) is 3.95. The number of amides is 2. The summed E-state index contributed by atoms with van der Waals surface area (Å²) in [5.41, 5.74) is 1.45. The van der Waals surface area contributed by atoms with Crippen molar-refractivity contribution in [2.45, 2.75) is 38.2 Å². The summed E-state index contributed by atoms with van der Waals surface area (Å²) < 4.78 is 10.9. The second-order valence-electron chi connectivity index (χ2n) is 7.71. The van der Waals surface area contributed by atoms with E-state index in [2.05, 4.69) is 10.1 Å². The molecule has 2 fully saturated rings. The number of carbonyl (C=O) groups is 2. The van der Waals surface area contributed by atoms with Crippen molar-refractivity contribution in [3.63, 3.8) is 0 Å². The average Bonchev–Trinajstić information content (AvgIpc) is 3.24. The van der Waals surface area contributed by atoms with Crippen LogP contribution in [0.3, 0.4) is 0 Å². The zero-order chi connectivity index (χ0) is 19.7. The lowest BCUT2D eigenvalue weighted by Gasteiger charge is -2.38. The summed E-state index contributed by atoms with van der Waals surface area (Å²) in [4.78, 5) is 32.2. The Morgan fingerprint density at radius 1 is 1.32 bits per heavy atom. The van der Waals surface area contributed by atoms with E-state index in [4.69, 9.17) is 9.26 Å². The van der Waals surface area contributed by atoms with E-state index < -0.39 is 5.60 Å². The van der Waals surface area contributed by atoms with Gasteiger partial charge in [-0.05, 0) is 25.8 Å². The van der Waals surface area contributed by atoms with Crippen LogP contribution in [0, 0.1) is 6.92 Å². The smallest absolute Gasteiger partial charge is 0.410 e. The van der Waals surface area contributed by atoms with Gasteiger partial charge < -0.3 is 19.1 Å². The molecule has 1 atom stereocenters. The summed E-state index contributed by atoms with van der Waals surface area (Å²) in [5, 5.41) is 4.02. The Kier molecular flexibility index (Phi) is 4.78. The van der Waals surface area contributed by atoms with Gasteiger partial charge in [-0.2, -0.15) is 4.98 Å². The number of aryl methyl sites for hydroxylation is 2. The van der Waals surface area contributed by atoms with Gasteiger partial charge in [0, 0.05) is 32.0 Å². The van der Waals surface area contributed by atoms with Gasteiger partial charge >= 0.3 is 6.09 Å². The number of carbonyl (C=O) groups excluding carboxylic acids is 2. The maximum atomic E-state index is 12.7. The lowest BCUT2D eigenvalue weighted by Crippen LogP contribution is -2.52. The predicted octanol–water partition coefficient (Wildman–Crippen LogP) is 2.42. The number of hydrogen-bond donors (Lipinski definition) is 0. The molecule has 0 N–H and O–H groups in total. The van der Waals surface area contributed by atoms with Crippen molar-refractivity contribution in [1.82, 2.24) is 19.9 Å². The van der Waals surface area contributed by atoms with E-state index in [0.717, 1.165) is 24.0 Å². The fourth-order valence-corrected chi connectivity index (χ4v) is 3.95. The first kappa shape index (κ1) is 18.5. The molecule has 0 bridgehead atoms. The summed E-state index contributed by atoms with van der Waals surface area (Å²) >= 11 is 0. The molecule has 8 nitrogen and oxygen atoms in total. The van der Waals surface area contributed by atoms with Crippen LogP contribution in [0.5, 0.6) is 0 Å². The number of benzene rings is 1. The minimum Gasteiger partial charge on any atom is -0.439 e. The largest absolute Gasteiger partial charge is 0.439 e. The van der Waals surface area contributed by atoms with Crippen LogP contribution in [0.15, 0.2) is 28.8 Å². The van der Waals surface area contributed by atoms with Crippen LogP contribution < -0.4 is 0 Å². The molecule has 2 aromatic rings. The van der Waals surface area contributed by atoms with Gasteiger partial charge in [0.05, 0.1) is 13.1 Å².